The Morgan fingerprint density at radius 1 is 1.43 bits per heavy atom. The summed E-state index contributed by atoms with van der Waals surface area (Å²) < 4.78 is 0. The summed E-state index contributed by atoms with van der Waals surface area (Å²) in [6, 6.07) is 6.08. The number of hydrogen-bond donors (Lipinski definition) is 1. The fourth-order valence-electron chi connectivity index (χ4n) is 1.50. The molecule has 1 rings (SSSR count). The molecule has 1 unspecified atom stereocenters. The number of halogens is 1. The van der Waals surface area contributed by atoms with E-state index in [9.17, 15) is 0 Å². The van der Waals surface area contributed by atoms with Gasteiger partial charge in [-0.15, -0.1) is 0 Å². The third-order valence-electron chi connectivity index (χ3n) is 2.07. The van der Waals surface area contributed by atoms with Crippen molar-refractivity contribution in [2.75, 3.05) is 19.0 Å². The van der Waals surface area contributed by atoms with E-state index in [2.05, 4.69) is 4.90 Å². The second kappa shape index (κ2) is 4.67. The van der Waals surface area contributed by atoms with Crippen LogP contribution in [0.5, 0.6) is 0 Å². The van der Waals surface area contributed by atoms with Gasteiger partial charge in [0.05, 0.1) is 0 Å². The maximum absolute atomic E-state index is 5.95. The monoisotopic (exact) mass is 212 g/mol. The van der Waals surface area contributed by atoms with E-state index in [-0.39, 0.29) is 6.04 Å². The highest BCUT2D eigenvalue weighted by molar-refractivity contribution is 6.30. The van der Waals surface area contributed by atoms with Crippen molar-refractivity contribution in [1.29, 1.82) is 0 Å². The Kier molecular flexibility index (Phi) is 3.78. The van der Waals surface area contributed by atoms with Crippen LogP contribution >= 0.6 is 11.6 Å². The van der Waals surface area contributed by atoms with Crippen LogP contribution in [0.1, 0.15) is 12.5 Å². The molecule has 2 N–H and O–H groups in total. The highest BCUT2D eigenvalue weighted by Crippen LogP contribution is 2.23. The van der Waals surface area contributed by atoms with E-state index >= 15 is 0 Å². The first-order chi connectivity index (χ1) is 6.50. The molecule has 0 amide bonds. The van der Waals surface area contributed by atoms with E-state index in [0.29, 0.717) is 0 Å². The first-order valence-electron chi connectivity index (χ1n) is 4.72. The first kappa shape index (κ1) is 11.3. The van der Waals surface area contributed by atoms with Gasteiger partial charge in [-0.1, -0.05) is 11.6 Å². The third kappa shape index (κ3) is 2.89. The summed E-state index contributed by atoms with van der Waals surface area (Å²) >= 11 is 5.95. The molecule has 0 bridgehead atoms. The number of benzene rings is 1. The molecule has 0 saturated carbocycles. The predicted octanol–water partition coefficient (Wildman–Crippen LogP) is 2.30. The van der Waals surface area contributed by atoms with Gasteiger partial charge >= 0.3 is 0 Å². The van der Waals surface area contributed by atoms with Crippen molar-refractivity contribution in [3.63, 3.8) is 0 Å². The van der Waals surface area contributed by atoms with Crippen molar-refractivity contribution in [2.45, 2.75) is 19.4 Å². The molecule has 0 fully saturated rings. The second-order valence-corrected chi connectivity index (χ2v) is 4.29. The Balaban J connectivity index is 3.03. The highest BCUT2D eigenvalue weighted by Gasteiger charge is 2.07. The van der Waals surface area contributed by atoms with Crippen LogP contribution in [-0.2, 0) is 6.42 Å². The molecule has 0 heterocycles. The van der Waals surface area contributed by atoms with Crippen LogP contribution in [0.15, 0.2) is 18.2 Å². The lowest BCUT2D eigenvalue weighted by Crippen LogP contribution is -2.20. The van der Waals surface area contributed by atoms with Gasteiger partial charge in [0.2, 0.25) is 0 Å². The van der Waals surface area contributed by atoms with Gasteiger partial charge in [-0.2, -0.15) is 0 Å². The Morgan fingerprint density at radius 2 is 2.07 bits per heavy atom. The molecule has 0 aliphatic carbocycles. The van der Waals surface area contributed by atoms with E-state index in [1.54, 1.807) is 0 Å². The molecule has 3 heteroatoms. The SMILES string of the molecule is CC(N)Cc1cc(Cl)ccc1N(C)C. The summed E-state index contributed by atoms with van der Waals surface area (Å²) in [4.78, 5) is 2.08. The number of rotatable bonds is 3. The van der Waals surface area contributed by atoms with Crippen LogP contribution in [0.2, 0.25) is 5.02 Å². The Labute approximate surface area is 90.7 Å². The number of nitrogens with two attached hydrogens (primary N) is 1. The zero-order valence-corrected chi connectivity index (χ0v) is 9.67. The molecule has 0 aromatic heterocycles. The summed E-state index contributed by atoms with van der Waals surface area (Å²) in [6.45, 7) is 2.00. The van der Waals surface area contributed by atoms with Gasteiger partial charge in [0.15, 0.2) is 0 Å². The van der Waals surface area contributed by atoms with Crippen LogP contribution in [0.4, 0.5) is 5.69 Å². The lowest BCUT2D eigenvalue weighted by molar-refractivity contribution is 0.737. The van der Waals surface area contributed by atoms with Gasteiger partial charge in [-0.25, -0.2) is 0 Å². The van der Waals surface area contributed by atoms with E-state index in [0.717, 1.165) is 11.4 Å². The minimum atomic E-state index is 0.159. The molecule has 0 radical (unpaired) electrons. The molecule has 2 nitrogen and oxygen atoms in total. The van der Waals surface area contributed by atoms with E-state index < -0.39 is 0 Å². The van der Waals surface area contributed by atoms with Gasteiger partial charge in [-0.05, 0) is 37.1 Å². The van der Waals surface area contributed by atoms with Crippen molar-refractivity contribution in [3.05, 3.63) is 28.8 Å². The Hall–Kier alpha value is -0.730. The summed E-state index contributed by atoms with van der Waals surface area (Å²) in [5.41, 5.74) is 8.17. The minimum absolute atomic E-state index is 0.159. The summed E-state index contributed by atoms with van der Waals surface area (Å²) in [5.74, 6) is 0. The first-order valence-corrected chi connectivity index (χ1v) is 5.10. The molecular weight excluding hydrogens is 196 g/mol. The summed E-state index contributed by atoms with van der Waals surface area (Å²) in [6.07, 6.45) is 0.855. The molecular formula is C11H17ClN2. The molecule has 78 valence electrons. The van der Waals surface area contributed by atoms with Crippen LogP contribution in [0.3, 0.4) is 0 Å². The van der Waals surface area contributed by atoms with Crippen LogP contribution in [-0.4, -0.2) is 20.1 Å². The van der Waals surface area contributed by atoms with E-state index in [4.69, 9.17) is 17.3 Å². The van der Waals surface area contributed by atoms with Crippen molar-refractivity contribution < 1.29 is 0 Å². The standard InChI is InChI=1S/C11H17ClN2/c1-8(13)6-9-7-10(12)4-5-11(9)14(2)3/h4-5,7-8H,6,13H2,1-3H3. The van der Waals surface area contributed by atoms with Crippen LogP contribution < -0.4 is 10.6 Å². The lowest BCUT2D eigenvalue weighted by atomic mass is 10.1. The van der Waals surface area contributed by atoms with Gasteiger partial charge in [0.1, 0.15) is 0 Å². The smallest absolute Gasteiger partial charge is 0.0410 e. The molecule has 0 aliphatic rings. The Bertz CT molecular complexity index is 308. The lowest BCUT2D eigenvalue weighted by Gasteiger charge is -2.18. The number of nitrogens with zero attached hydrogens (tertiary/aromatic N) is 1. The molecule has 0 spiro atoms. The molecule has 0 saturated heterocycles. The fourth-order valence-corrected chi connectivity index (χ4v) is 1.70. The third-order valence-corrected chi connectivity index (χ3v) is 2.30. The largest absolute Gasteiger partial charge is 0.377 e. The average Bonchev–Trinajstić information content (AvgIpc) is 2.01. The van der Waals surface area contributed by atoms with Crippen molar-refractivity contribution in [3.8, 4) is 0 Å². The zero-order chi connectivity index (χ0) is 10.7. The van der Waals surface area contributed by atoms with Crippen molar-refractivity contribution in [2.24, 2.45) is 5.73 Å². The second-order valence-electron chi connectivity index (χ2n) is 3.85. The summed E-state index contributed by atoms with van der Waals surface area (Å²) in [7, 11) is 4.04. The number of hydrogen-bond acceptors (Lipinski definition) is 2. The maximum atomic E-state index is 5.95. The van der Waals surface area contributed by atoms with Crippen LogP contribution in [0.25, 0.3) is 0 Å². The quantitative estimate of drug-likeness (QED) is 0.833. The van der Waals surface area contributed by atoms with E-state index in [1.165, 1.54) is 11.3 Å². The summed E-state index contributed by atoms with van der Waals surface area (Å²) in [5, 5.41) is 0.770. The normalized spacial score (nSPS) is 12.6. The van der Waals surface area contributed by atoms with Crippen molar-refractivity contribution >= 4 is 17.3 Å². The molecule has 1 atom stereocenters. The van der Waals surface area contributed by atoms with Crippen LogP contribution in [0, 0.1) is 0 Å². The van der Waals surface area contributed by atoms with Gasteiger partial charge in [0.25, 0.3) is 0 Å². The minimum Gasteiger partial charge on any atom is -0.377 e. The Morgan fingerprint density at radius 3 is 2.57 bits per heavy atom. The van der Waals surface area contributed by atoms with Gasteiger partial charge in [0, 0.05) is 30.8 Å². The van der Waals surface area contributed by atoms with E-state index in [1.807, 2.05) is 39.2 Å². The fraction of sp³-hybridized carbons (Fsp3) is 0.455. The van der Waals surface area contributed by atoms with Gasteiger partial charge < -0.3 is 10.6 Å². The predicted molar refractivity (Wildman–Crippen MR) is 63.1 cm³/mol. The van der Waals surface area contributed by atoms with Gasteiger partial charge in [-0.3, -0.25) is 0 Å². The average molecular weight is 213 g/mol. The highest BCUT2D eigenvalue weighted by atomic mass is 35.5. The maximum Gasteiger partial charge on any atom is 0.0410 e. The number of anilines is 1. The zero-order valence-electron chi connectivity index (χ0n) is 8.92. The topological polar surface area (TPSA) is 29.3 Å². The molecule has 0 aliphatic heterocycles. The molecule has 1 aromatic carbocycles. The molecule has 14 heavy (non-hydrogen) atoms. The molecule has 1 aromatic rings. The van der Waals surface area contributed by atoms with Crippen molar-refractivity contribution in [1.82, 2.24) is 0 Å².